The van der Waals surface area contributed by atoms with Gasteiger partial charge in [0.15, 0.2) is 0 Å². The fourth-order valence-electron chi connectivity index (χ4n) is 1.75. The third kappa shape index (κ3) is 3.57. The van der Waals surface area contributed by atoms with Crippen LogP contribution in [0.1, 0.15) is 22.2 Å². The molecule has 0 saturated carbocycles. The monoisotopic (exact) mass is 296 g/mol. The van der Waals surface area contributed by atoms with Crippen molar-refractivity contribution in [2.75, 3.05) is 6.54 Å². The average Bonchev–Trinajstić information content (AvgIpc) is 2.44. The van der Waals surface area contributed by atoms with Crippen molar-refractivity contribution in [2.45, 2.75) is 6.10 Å². The first-order valence-corrected chi connectivity index (χ1v) is 6.01. The van der Waals surface area contributed by atoms with Crippen LogP contribution in [-0.2, 0) is 0 Å². The minimum Gasteiger partial charge on any atom is -0.386 e. The first-order valence-electron chi connectivity index (χ1n) is 6.01. The summed E-state index contributed by atoms with van der Waals surface area (Å²) >= 11 is 0. The van der Waals surface area contributed by atoms with Gasteiger partial charge in [-0.15, -0.1) is 0 Å². The van der Waals surface area contributed by atoms with Crippen LogP contribution in [-0.4, -0.2) is 22.5 Å². The van der Waals surface area contributed by atoms with Crippen molar-refractivity contribution in [3.05, 3.63) is 65.2 Å². The van der Waals surface area contributed by atoms with Gasteiger partial charge in [-0.2, -0.15) is 4.39 Å². The number of pyridine rings is 1. The van der Waals surface area contributed by atoms with Gasteiger partial charge in [0.2, 0.25) is 5.95 Å². The Labute approximate surface area is 118 Å². The normalized spacial score (nSPS) is 12.0. The Kier molecular flexibility index (Phi) is 4.54. The van der Waals surface area contributed by atoms with Crippen molar-refractivity contribution in [3.63, 3.8) is 0 Å². The zero-order valence-corrected chi connectivity index (χ0v) is 10.7. The van der Waals surface area contributed by atoms with Gasteiger partial charge in [0.05, 0.1) is 5.56 Å². The molecule has 0 fully saturated rings. The highest BCUT2D eigenvalue weighted by Gasteiger charge is 2.19. The molecule has 21 heavy (non-hydrogen) atoms. The summed E-state index contributed by atoms with van der Waals surface area (Å²) < 4.78 is 39.7. The summed E-state index contributed by atoms with van der Waals surface area (Å²) in [6, 6.07) is 6.80. The van der Waals surface area contributed by atoms with Crippen LogP contribution in [0.4, 0.5) is 13.2 Å². The molecule has 110 valence electrons. The second-order valence-corrected chi connectivity index (χ2v) is 4.21. The lowest BCUT2D eigenvalue weighted by atomic mass is 10.1. The van der Waals surface area contributed by atoms with Crippen LogP contribution in [0.3, 0.4) is 0 Å². The molecule has 0 saturated heterocycles. The smallest absolute Gasteiger partial charge is 0.270 e. The maximum absolute atomic E-state index is 13.4. The third-order valence-corrected chi connectivity index (χ3v) is 2.74. The first kappa shape index (κ1) is 15.0. The second-order valence-electron chi connectivity index (χ2n) is 4.21. The van der Waals surface area contributed by atoms with E-state index in [4.69, 9.17) is 0 Å². The molecule has 2 rings (SSSR count). The van der Waals surface area contributed by atoms with Crippen LogP contribution in [0.15, 0.2) is 36.4 Å². The van der Waals surface area contributed by atoms with Gasteiger partial charge < -0.3 is 10.4 Å². The standard InChI is InChI=1S/C14H11F3N2O2/c15-8-3-1-4-9(16)13(8)11(20)7-18-14(21)10-5-2-6-12(17)19-10/h1-6,11,20H,7H2,(H,18,21). The molecule has 1 aromatic heterocycles. The molecule has 2 aromatic rings. The van der Waals surface area contributed by atoms with E-state index in [0.29, 0.717) is 0 Å². The third-order valence-electron chi connectivity index (χ3n) is 2.74. The molecule has 0 aliphatic rings. The van der Waals surface area contributed by atoms with Crippen molar-refractivity contribution in [1.29, 1.82) is 0 Å². The van der Waals surface area contributed by atoms with Gasteiger partial charge in [0.25, 0.3) is 5.91 Å². The molecule has 4 nitrogen and oxygen atoms in total. The van der Waals surface area contributed by atoms with Gasteiger partial charge in [-0.05, 0) is 24.3 Å². The van der Waals surface area contributed by atoms with Crippen LogP contribution in [0.5, 0.6) is 0 Å². The van der Waals surface area contributed by atoms with E-state index in [0.717, 1.165) is 24.3 Å². The number of nitrogens with zero attached hydrogens (tertiary/aromatic N) is 1. The van der Waals surface area contributed by atoms with Crippen molar-refractivity contribution in [1.82, 2.24) is 10.3 Å². The Hall–Kier alpha value is -2.41. The molecule has 1 unspecified atom stereocenters. The van der Waals surface area contributed by atoms with Crippen LogP contribution in [0, 0.1) is 17.6 Å². The lowest BCUT2D eigenvalue weighted by molar-refractivity contribution is 0.0905. The zero-order valence-electron chi connectivity index (χ0n) is 10.7. The van der Waals surface area contributed by atoms with E-state index in [2.05, 4.69) is 10.3 Å². The molecule has 0 spiro atoms. The minimum absolute atomic E-state index is 0.198. The topological polar surface area (TPSA) is 62.2 Å². The summed E-state index contributed by atoms with van der Waals surface area (Å²) in [7, 11) is 0. The fraction of sp³-hybridized carbons (Fsp3) is 0.143. The number of amides is 1. The summed E-state index contributed by atoms with van der Waals surface area (Å²) in [4.78, 5) is 15.0. The number of aromatic nitrogens is 1. The molecule has 0 aliphatic carbocycles. The number of halogens is 3. The van der Waals surface area contributed by atoms with Crippen LogP contribution in [0.25, 0.3) is 0 Å². The number of carbonyl (C=O) groups is 1. The van der Waals surface area contributed by atoms with Crippen LogP contribution in [0.2, 0.25) is 0 Å². The van der Waals surface area contributed by atoms with E-state index in [1.807, 2.05) is 0 Å². The minimum atomic E-state index is -1.57. The fourth-order valence-corrected chi connectivity index (χ4v) is 1.75. The molecule has 7 heteroatoms. The predicted molar refractivity (Wildman–Crippen MR) is 67.8 cm³/mol. The Morgan fingerprint density at radius 2 is 1.76 bits per heavy atom. The van der Waals surface area contributed by atoms with Gasteiger partial charge >= 0.3 is 0 Å². The molecule has 1 aromatic carbocycles. The highest BCUT2D eigenvalue weighted by atomic mass is 19.1. The van der Waals surface area contributed by atoms with Crippen molar-refractivity contribution < 1.29 is 23.1 Å². The molecular formula is C14H11F3N2O2. The summed E-state index contributed by atoms with van der Waals surface area (Å²) in [5.41, 5.74) is -0.735. The quantitative estimate of drug-likeness (QED) is 0.848. The highest BCUT2D eigenvalue weighted by Crippen LogP contribution is 2.19. The van der Waals surface area contributed by atoms with E-state index in [9.17, 15) is 23.1 Å². The molecule has 1 atom stereocenters. The number of carbonyl (C=O) groups excluding carboxylic acids is 1. The molecule has 1 heterocycles. The molecule has 0 bridgehead atoms. The number of nitrogens with one attached hydrogen (secondary N) is 1. The molecule has 0 radical (unpaired) electrons. The van der Waals surface area contributed by atoms with E-state index in [1.54, 1.807) is 0 Å². The summed E-state index contributed by atoms with van der Waals surface area (Å²) in [5, 5.41) is 12.0. The average molecular weight is 296 g/mol. The van der Waals surface area contributed by atoms with E-state index >= 15 is 0 Å². The van der Waals surface area contributed by atoms with Crippen molar-refractivity contribution in [2.24, 2.45) is 0 Å². The summed E-state index contributed by atoms with van der Waals surface area (Å²) in [5.74, 6) is -3.42. The van der Waals surface area contributed by atoms with Crippen molar-refractivity contribution in [3.8, 4) is 0 Å². The van der Waals surface area contributed by atoms with Gasteiger partial charge in [0.1, 0.15) is 23.4 Å². The Morgan fingerprint density at radius 1 is 1.14 bits per heavy atom. The number of hydrogen-bond donors (Lipinski definition) is 2. The van der Waals surface area contributed by atoms with Gasteiger partial charge in [-0.25, -0.2) is 13.8 Å². The van der Waals surface area contributed by atoms with E-state index in [-0.39, 0.29) is 5.69 Å². The predicted octanol–water partition coefficient (Wildman–Crippen LogP) is 1.96. The number of rotatable bonds is 4. The van der Waals surface area contributed by atoms with E-state index < -0.39 is 41.7 Å². The lowest BCUT2D eigenvalue weighted by Crippen LogP contribution is -2.29. The largest absolute Gasteiger partial charge is 0.386 e. The number of hydrogen-bond acceptors (Lipinski definition) is 3. The SMILES string of the molecule is O=C(NCC(O)c1c(F)cccc1F)c1cccc(F)n1. The lowest BCUT2D eigenvalue weighted by Gasteiger charge is -2.13. The Bertz CT molecular complexity index is 644. The molecule has 2 N–H and O–H groups in total. The summed E-state index contributed by atoms with van der Waals surface area (Å²) in [6.45, 7) is -0.436. The molecule has 0 aliphatic heterocycles. The van der Waals surface area contributed by atoms with Gasteiger partial charge in [-0.1, -0.05) is 12.1 Å². The molecular weight excluding hydrogens is 285 g/mol. The van der Waals surface area contributed by atoms with Crippen LogP contribution >= 0.6 is 0 Å². The van der Waals surface area contributed by atoms with Crippen molar-refractivity contribution >= 4 is 5.91 Å². The second kappa shape index (κ2) is 6.36. The van der Waals surface area contributed by atoms with Gasteiger partial charge in [-0.3, -0.25) is 4.79 Å². The number of aliphatic hydroxyl groups is 1. The number of aliphatic hydroxyl groups excluding tert-OH is 1. The zero-order chi connectivity index (χ0) is 15.4. The Balaban J connectivity index is 2.04. The van der Waals surface area contributed by atoms with Gasteiger partial charge in [0, 0.05) is 6.54 Å². The summed E-state index contributed by atoms with van der Waals surface area (Å²) in [6.07, 6.45) is -1.57. The first-order chi connectivity index (χ1) is 9.99. The maximum Gasteiger partial charge on any atom is 0.270 e. The Morgan fingerprint density at radius 3 is 2.38 bits per heavy atom. The van der Waals surface area contributed by atoms with E-state index in [1.165, 1.54) is 12.1 Å². The molecule has 1 amide bonds. The number of benzene rings is 1. The van der Waals surface area contributed by atoms with Crippen LogP contribution < -0.4 is 5.32 Å². The highest BCUT2D eigenvalue weighted by molar-refractivity contribution is 5.92. The maximum atomic E-state index is 13.4.